The average molecular weight is 289 g/mol. The molecule has 106 valence electrons. The molecule has 2 nitrogen and oxygen atoms in total. The highest BCUT2D eigenvalue weighted by Crippen LogP contribution is 2.10. The van der Waals surface area contributed by atoms with E-state index in [9.17, 15) is 0 Å². The first kappa shape index (κ1) is 15.0. The summed E-state index contributed by atoms with van der Waals surface area (Å²) in [6.45, 7) is 2.72. The Morgan fingerprint density at radius 2 is 1.25 bits per heavy atom. The van der Waals surface area contributed by atoms with Crippen molar-refractivity contribution in [3.63, 3.8) is 0 Å². The summed E-state index contributed by atoms with van der Waals surface area (Å²) < 4.78 is 0. The monoisotopic (exact) mass is 288 g/mol. The summed E-state index contributed by atoms with van der Waals surface area (Å²) in [5, 5.41) is 4.23. The predicted octanol–water partition coefficient (Wildman–Crippen LogP) is 3.69. The summed E-state index contributed by atoms with van der Waals surface area (Å²) in [4.78, 5) is 2.17. The van der Waals surface area contributed by atoms with Crippen molar-refractivity contribution < 1.29 is 0 Å². The highest BCUT2D eigenvalue weighted by Gasteiger charge is 1.97. The first-order chi connectivity index (χ1) is 9.63. The van der Waals surface area contributed by atoms with E-state index in [0.717, 1.165) is 24.7 Å². The molecule has 0 bridgehead atoms. The number of nitrogens with one attached hydrogen (secondary N) is 1. The van der Waals surface area contributed by atoms with Crippen LogP contribution in [-0.2, 0) is 19.6 Å². The minimum atomic E-state index is 0.783. The van der Waals surface area contributed by atoms with Crippen molar-refractivity contribution in [1.82, 2.24) is 10.2 Å². The van der Waals surface area contributed by atoms with Gasteiger partial charge in [0.15, 0.2) is 0 Å². The molecule has 2 rings (SSSR count). The van der Waals surface area contributed by atoms with E-state index < -0.39 is 0 Å². The third-order valence-corrected chi connectivity index (χ3v) is 3.35. The van der Waals surface area contributed by atoms with Crippen molar-refractivity contribution in [3.05, 3.63) is 70.2 Å². The van der Waals surface area contributed by atoms with Crippen LogP contribution in [0.25, 0.3) is 0 Å². The van der Waals surface area contributed by atoms with Crippen LogP contribution in [0.4, 0.5) is 0 Å². The number of rotatable bonds is 6. The van der Waals surface area contributed by atoms with Crippen LogP contribution in [0.1, 0.15) is 16.7 Å². The Kier molecular flexibility index (Phi) is 5.60. The zero-order chi connectivity index (χ0) is 14.4. The molecule has 0 saturated carbocycles. The highest BCUT2D eigenvalue weighted by atomic mass is 35.5. The highest BCUT2D eigenvalue weighted by molar-refractivity contribution is 6.30. The molecule has 0 radical (unpaired) electrons. The maximum absolute atomic E-state index is 5.87. The Morgan fingerprint density at radius 1 is 0.800 bits per heavy atom. The second kappa shape index (κ2) is 7.44. The number of nitrogens with zero attached hydrogens (tertiary/aromatic N) is 1. The van der Waals surface area contributed by atoms with Crippen LogP contribution >= 0.6 is 11.6 Å². The van der Waals surface area contributed by atoms with E-state index >= 15 is 0 Å². The lowest BCUT2D eigenvalue weighted by molar-refractivity contribution is 0.402. The van der Waals surface area contributed by atoms with Crippen molar-refractivity contribution in [2.24, 2.45) is 0 Å². The van der Waals surface area contributed by atoms with Crippen LogP contribution in [-0.4, -0.2) is 19.0 Å². The largest absolute Gasteiger partial charge is 0.309 e. The Labute approximate surface area is 126 Å². The second-order valence-corrected chi connectivity index (χ2v) is 5.72. The van der Waals surface area contributed by atoms with Crippen molar-refractivity contribution in [2.75, 3.05) is 14.1 Å². The summed E-state index contributed by atoms with van der Waals surface area (Å²) in [6, 6.07) is 16.7. The van der Waals surface area contributed by atoms with Gasteiger partial charge >= 0.3 is 0 Å². The van der Waals surface area contributed by atoms with Crippen LogP contribution in [0.15, 0.2) is 48.5 Å². The molecule has 0 aliphatic heterocycles. The van der Waals surface area contributed by atoms with Gasteiger partial charge in [-0.3, -0.25) is 0 Å². The van der Waals surface area contributed by atoms with E-state index in [1.165, 1.54) is 16.7 Å². The molecule has 20 heavy (non-hydrogen) atoms. The van der Waals surface area contributed by atoms with Crippen LogP contribution in [0.3, 0.4) is 0 Å². The summed E-state index contributed by atoms with van der Waals surface area (Å²) in [5.41, 5.74) is 3.90. The third kappa shape index (κ3) is 4.97. The fourth-order valence-electron chi connectivity index (χ4n) is 2.08. The molecule has 0 saturated heterocycles. The van der Waals surface area contributed by atoms with E-state index in [1.807, 2.05) is 12.1 Å². The quantitative estimate of drug-likeness (QED) is 0.872. The van der Waals surface area contributed by atoms with Crippen molar-refractivity contribution in [1.29, 1.82) is 0 Å². The van der Waals surface area contributed by atoms with Crippen LogP contribution in [0.5, 0.6) is 0 Å². The standard InChI is InChI=1S/C17H21ClN2/c1-20(2)13-16-5-3-14(4-6-16)11-19-12-15-7-9-17(18)10-8-15/h3-10,19H,11-13H2,1-2H3. The van der Waals surface area contributed by atoms with Crippen molar-refractivity contribution >= 4 is 11.6 Å². The van der Waals surface area contributed by atoms with Gasteiger partial charge in [0.05, 0.1) is 0 Å². The molecule has 0 fully saturated rings. The molecule has 0 heterocycles. The van der Waals surface area contributed by atoms with Crippen LogP contribution < -0.4 is 5.32 Å². The summed E-state index contributed by atoms with van der Waals surface area (Å²) in [6.07, 6.45) is 0. The molecule has 1 N–H and O–H groups in total. The van der Waals surface area contributed by atoms with Gasteiger partial charge in [-0.25, -0.2) is 0 Å². The maximum Gasteiger partial charge on any atom is 0.0406 e. The van der Waals surface area contributed by atoms with Crippen molar-refractivity contribution in [2.45, 2.75) is 19.6 Å². The van der Waals surface area contributed by atoms with E-state index in [0.29, 0.717) is 0 Å². The number of hydrogen-bond acceptors (Lipinski definition) is 2. The number of benzene rings is 2. The predicted molar refractivity (Wildman–Crippen MR) is 85.8 cm³/mol. The van der Waals surface area contributed by atoms with E-state index in [4.69, 9.17) is 11.6 Å². The minimum Gasteiger partial charge on any atom is -0.309 e. The molecule has 2 aromatic rings. The molecule has 0 amide bonds. The summed E-state index contributed by atoms with van der Waals surface area (Å²) in [7, 11) is 4.17. The lowest BCUT2D eigenvalue weighted by atomic mass is 10.1. The smallest absolute Gasteiger partial charge is 0.0406 e. The Morgan fingerprint density at radius 3 is 1.75 bits per heavy atom. The Bertz CT molecular complexity index is 518. The number of halogens is 1. The fraction of sp³-hybridized carbons (Fsp3) is 0.294. The fourth-order valence-corrected chi connectivity index (χ4v) is 2.21. The summed E-state index contributed by atoms with van der Waals surface area (Å²) >= 11 is 5.87. The molecule has 0 aliphatic carbocycles. The SMILES string of the molecule is CN(C)Cc1ccc(CNCc2ccc(Cl)cc2)cc1. The van der Waals surface area contributed by atoms with Crippen LogP contribution in [0, 0.1) is 0 Å². The lowest BCUT2D eigenvalue weighted by Crippen LogP contribution is -2.13. The van der Waals surface area contributed by atoms with E-state index in [1.54, 1.807) is 0 Å². The number of hydrogen-bond donors (Lipinski definition) is 1. The topological polar surface area (TPSA) is 15.3 Å². The molecular weight excluding hydrogens is 268 g/mol. The zero-order valence-corrected chi connectivity index (χ0v) is 12.8. The molecule has 0 unspecified atom stereocenters. The van der Waals surface area contributed by atoms with E-state index in [2.05, 4.69) is 60.7 Å². The van der Waals surface area contributed by atoms with Gasteiger partial charge < -0.3 is 10.2 Å². The lowest BCUT2D eigenvalue weighted by Gasteiger charge is -2.10. The third-order valence-electron chi connectivity index (χ3n) is 3.09. The maximum atomic E-state index is 5.87. The normalized spacial score (nSPS) is 11.0. The Balaban J connectivity index is 1.80. The molecule has 0 aromatic heterocycles. The average Bonchev–Trinajstić information content (AvgIpc) is 2.42. The Hall–Kier alpha value is -1.35. The minimum absolute atomic E-state index is 0.783. The van der Waals surface area contributed by atoms with Gasteiger partial charge in [0, 0.05) is 24.7 Å². The molecule has 0 atom stereocenters. The first-order valence-electron chi connectivity index (χ1n) is 6.81. The zero-order valence-electron chi connectivity index (χ0n) is 12.1. The molecule has 0 aliphatic rings. The van der Waals surface area contributed by atoms with E-state index in [-0.39, 0.29) is 0 Å². The van der Waals surface area contributed by atoms with Crippen molar-refractivity contribution in [3.8, 4) is 0 Å². The van der Waals surface area contributed by atoms with Crippen LogP contribution in [0.2, 0.25) is 5.02 Å². The van der Waals surface area contributed by atoms with Gasteiger partial charge in [-0.1, -0.05) is 48.0 Å². The molecule has 2 aromatic carbocycles. The second-order valence-electron chi connectivity index (χ2n) is 5.28. The molecular formula is C17H21ClN2. The van der Waals surface area contributed by atoms with Gasteiger partial charge in [0.2, 0.25) is 0 Å². The summed E-state index contributed by atoms with van der Waals surface area (Å²) in [5.74, 6) is 0. The molecule has 3 heteroatoms. The van der Waals surface area contributed by atoms with Gasteiger partial charge in [-0.05, 0) is 42.9 Å². The van der Waals surface area contributed by atoms with Gasteiger partial charge in [0.25, 0.3) is 0 Å². The first-order valence-corrected chi connectivity index (χ1v) is 7.19. The van der Waals surface area contributed by atoms with Gasteiger partial charge in [-0.15, -0.1) is 0 Å². The van der Waals surface area contributed by atoms with Gasteiger partial charge in [-0.2, -0.15) is 0 Å². The van der Waals surface area contributed by atoms with Gasteiger partial charge in [0.1, 0.15) is 0 Å². The molecule has 0 spiro atoms.